The summed E-state index contributed by atoms with van der Waals surface area (Å²) in [6, 6.07) is 11.6. The van der Waals surface area contributed by atoms with E-state index in [4.69, 9.17) is 11.5 Å². The van der Waals surface area contributed by atoms with Crippen LogP contribution < -0.4 is 16.8 Å². The number of pyridine rings is 1. The number of anilines is 1. The monoisotopic (exact) mass is 282 g/mol. The van der Waals surface area contributed by atoms with Gasteiger partial charge in [0, 0.05) is 30.3 Å². The Balaban J connectivity index is 1.58. The van der Waals surface area contributed by atoms with Crippen LogP contribution in [0.1, 0.15) is 33.8 Å². The first-order valence-electron chi connectivity index (χ1n) is 6.97. The molecular weight excluding hydrogens is 264 g/mol. The molecule has 21 heavy (non-hydrogen) atoms. The van der Waals surface area contributed by atoms with Crippen LogP contribution in [0, 0.1) is 0 Å². The number of hydrogen-bond donors (Lipinski definition) is 3. The summed E-state index contributed by atoms with van der Waals surface area (Å²) < 4.78 is 0. The number of carbonyl (C=O) groups is 1. The molecule has 1 heterocycles. The molecule has 5 N–H and O–H groups in total. The lowest BCUT2D eigenvalue weighted by atomic mass is 10.1. The van der Waals surface area contributed by atoms with Crippen LogP contribution in [0.5, 0.6) is 0 Å². The molecule has 0 aliphatic heterocycles. The van der Waals surface area contributed by atoms with E-state index in [1.807, 2.05) is 24.4 Å². The van der Waals surface area contributed by atoms with Crippen molar-refractivity contribution in [2.75, 3.05) is 5.32 Å². The van der Waals surface area contributed by atoms with Gasteiger partial charge in [-0.05, 0) is 35.7 Å². The average molecular weight is 282 g/mol. The summed E-state index contributed by atoms with van der Waals surface area (Å²) in [4.78, 5) is 15.4. The first kappa shape index (κ1) is 13.6. The van der Waals surface area contributed by atoms with E-state index in [1.54, 1.807) is 12.1 Å². The summed E-state index contributed by atoms with van der Waals surface area (Å²) in [5.74, 6) is 0.893. The van der Waals surface area contributed by atoms with Crippen LogP contribution in [-0.2, 0) is 6.54 Å². The molecule has 2 unspecified atom stereocenters. The minimum Gasteiger partial charge on any atom is -0.366 e. The quantitative estimate of drug-likeness (QED) is 0.776. The van der Waals surface area contributed by atoms with Crippen molar-refractivity contribution in [2.45, 2.75) is 24.9 Å². The van der Waals surface area contributed by atoms with Crippen molar-refractivity contribution < 1.29 is 4.79 Å². The Kier molecular flexibility index (Phi) is 3.58. The van der Waals surface area contributed by atoms with E-state index >= 15 is 0 Å². The maximum absolute atomic E-state index is 11.0. The maximum atomic E-state index is 11.0. The van der Waals surface area contributed by atoms with E-state index in [-0.39, 0.29) is 0 Å². The van der Waals surface area contributed by atoms with Gasteiger partial charge in [0.25, 0.3) is 0 Å². The fraction of sp³-hybridized carbons (Fsp3) is 0.250. The predicted octanol–water partition coefficient (Wildman–Crippen LogP) is 1.61. The first-order chi connectivity index (χ1) is 10.1. The lowest BCUT2D eigenvalue weighted by molar-refractivity contribution is 0.100. The maximum Gasteiger partial charge on any atom is 0.248 e. The van der Waals surface area contributed by atoms with Crippen LogP contribution in [0.3, 0.4) is 0 Å². The third-order valence-corrected chi connectivity index (χ3v) is 3.77. The molecule has 1 aliphatic rings. The van der Waals surface area contributed by atoms with Gasteiger partial charge in [0.1, 0.15) is 5.82 Å². The minimum atomic E-state index is -0.412. The summed E-state index contributed by atoms with van der Waals surface area (Å²) in [5, 5.41) is 3.25. The van der Waals surface area contributed by atoms with Crippen LogP contribution >= 0.6 is 0 Å². The van der Waals surface area contributed by atoms with Crippen molar-refractivity contribution in [3.05, 3.63) is 59.3 Å². The van der Waals surface area contributed by atoms with Gasteiger partial charge < -0.3 is 16.8 Å². The number of aromatic nitrogens is 1. The average Bonchev–Trinajstić information content (AvgIpc) is 3.23. The number of hydrogen-bond acceptors (Lipinski definition) is 4. The van der Waals surface area contributed by atoms with Gasteiger partial charge in [0.05, 0.1) is 0 Å². The highest BCUT2D eigenvalue weighted by Gasteiger charge is 2.34. The summed E-state index contributed by atoms with van der Waals surface area (Å²) in [6.07, 6.45) is 2.94. The Labute approximate surface area is 123 Å². The fourth-order valence-electron chi connectivity index (χ4n) is 2.31. The molecule has 1 fully saturated rings. The highest BCUT2D eigenvalue weighted by atomic mass is 16.1. The van der Waals surface area contributed by atoms with Crippen molar-refractivity contribution in [3.63, 3.8) is 0 Å². The molecule has 0 saturated heterocycles. The smallest absolute Gasteiger partial charge is 0.248 e. The van der Waals surface area contributed by atoms with Crippen LogP contribution in [0.15, 0.2) is 42.6 Å². The topological polar surface area (TPSA) is 94.0 Å². The van der Waals surface area contributed by atoms with Gasteiger partial charge in [-0.3, -0.25) is 4.79 Å². The predicted molar refractivity (Wildman–Crippen MR) is 81.9 cm³/mol. The summed E-state index contributed by atoms with van der Waals surface area (Å²) in [5.41, 5.74) is 13.8. The molecule has 0 spiro atoms. The number of rotatable bonds is 5. The van der Waals surface area contributed by atoms with Gasteiger partial charge in [0.2, 0.25) is 5.91 Å². The number of amides is 1. The molecular formula is C16H18N4O. The molecule has 1 amide bonds. The van der Waals surface area contributed by atoms with E-state index < -0.39 is 5.91 Å². The number of carbonyl (C=O) groups excluding carboxylic acids is 1. The highest BCUT2D eigenvalue weighted by molar-refractivity contribution is 5.92. The van der Waals surface area contributed by atoms with Crippen LogP contribution in [0.2, 0.25) is 0 Å². The molecule has 1 aliphatic carbocycles. The van der Waals surface area contributed by atoms with Crippen molar-refractivity contribution in [1.82, 2.24) is 4.98 Å². The number of benzene rings is 1. The van der Waals surface area contributed by atoms with Gasteiger partial charge in [0.15, 0.2) is 0 Å². The molecule has 1 saturated carbocycles. The van der Waals surface area contributed by atoms with Crippen molar-refractivity contribution in [2.24, 2.45) is 11.5 Å². The molecule has 1 aromatic carbocycles. The molecule has 0 bridgehead atoms. The molecule has 108 valence electrons. The van der Waals surface area contributed by atoms with Gasteiger partial charge in [-0.15, -0.1) is 0 Å². The number of nitrogens with one attached hydrogen (secondary N) is 1. The Morgan fingerprint density at radius 3 is 2.48 bits per heavy atom. The molecule has 2 aromatic rings. The van der Waals surface area contributed by atoms with Gasteiger partial charge >= 0.3 is 0 Å². The Morgan fingerprint density at radius 2 is 1.95 bits per heavy atom. The second-order valence-electron chi connectivity index (χ2n) is 5.40. The fourth-order valence-corrected chi connectivity index (χ4v) is 2.31. The summed E-state index contributed by atoms with van der Waals surface area (Å²) in [6.45, 7) is 0.647. The Hall–Kier alpha value is -2.40. The lowest BCUT2D eigenvalue weighted by Gasteiger charge is -2.07. The van der Waals surface area contributed by atoms with E-state index in [1.165, 1.54) is 5.56 Å². The molecule has 0 radical (unpaired) electrons. The highest BCUT2D eigenvalue weighted by Crippen LogP contribution is 2.38. The van der Waals surface area contributed by atoms with Crippen LogP contribution in [0.25, 0.3) is 0 Å². The Bertz CT molecular complexity index is 636. The number of nitrogens with two attached hydrogens (primary N) is 2. The van der Waals surface area contributed by atoms with E-state index in [2.05, 4.69) is 16.4 Å². The van der Waals surface area contributed by atoms with E-state index in [0.717, 1.165) is 17.8 Å². The van der Waals surface area contributed by atoms with E-state index in [0.29, 0.717) is 24.1 Å². The van der Waals surface area contributed by atoms with Gasteiger partial charge in [-0.25, -0.2) is 4.98 Å². The number of nitrogens with zero attached hydrogens (tertiary/aromatic N) is 1. The largest absolute Gasteiger partial charge is 0.366 e. The molecule has 2 atom stereocenters. The van der Waals surface area contributed by atoms with Crippen molar-refractivity contribution >= 4 is 11.7 Å². The third-order valence-electron chi connectivity index (χ3n) is 3.77. The normalized spacial score (nSPS) is 20.0. The van der Waals surface area contributed by atoms with Crippen LogP contribution in [-0.4, -0.2) is 16.9 Å². The third kappa shape index (κ3) is 3.20. The summed E-state index contributed by atoms with van der Waals surface area (Å²) >= 11 is 0. The Morgan fingerprint density at radius 1 is 1.24 bits per heavy atom. The molecule has 1 aromatic heterocycles. The van der Waals surface area contributed by atoms with Gasteiger partial charge in [-0.1, -0.05) is 18.2 Å². The zero-order valence-electron chi connectivity index (χ0n) is 11.6. The number of primary amides is 1. The lowest BCUT2D eigenvalue weighted by Crippen LogP contribution is -2.10. The van der Waals surface area contributed by atoms with Gasteiger partial charge in [-0.2, -0.15) is 0 Å². The van der Waals surface area contributed by atoms with Crippen LogP contribution in [0.4, 0.5) is 5.82 Å². The summed E-state index contributed by atoms with van der Waals surface area (Å²) in [7, 11) is 0. The zero-order chi connectivity index (χ0) is 14.8. The van der Waals surface area contributed by atoms with Crippen molar-refractivity contribution in [1.29, 1.82) is 0 Å². The standard InChI is InChI=1S/C16H18N4O/c17-14-7-13(14)12-5-6-15(20-9-12)19-8-10-1-3-11(4-2-10)16(18)21/h1-6,9,13-14H,7-8,17H2,(H2,18,21)(H,19,20). The first-order valence-corrected chi connectivity index (χ1v) is 6.97. The SMILES string of the molecule is NC(=O)c1ccc(CNc2ccc(C3CC3N)cn2)cc1. The molecule has 3 rings (SSSR count). The second kappa shape index (κ2) is 5.54. The molecule has 5 nitrogen and oxygen atoms in total. The van der Waals surface area contributed by atoms with Crippen molar-refractivity contribution in [3.8, 4) is 0 Å². The zero-order valence-corrected chi connectivity index (χ0v) is 11.6. The second-order valence-corrected chi connectivity index (χ2v) is 5.40. The van der Waals surface area contributed by atoms with E-state index in [9.17, 15) is 4.79 Å². The minimum absolute atomic E-state index is 0.300. The molecule has 5 heteroatoms.